The Balaban J connectivity index is 1.29. The number of nitrogens with zero attached hydrogens (tertiary/aromatic N) is 6. The first kappa shape index (κ1) is 19.8. The first-order chi connectivity index (χ1) is 14.7. The molecule has 4 heterocycles. The summed E-state index contributed by atoms with van der Waals surface area (Å²) in [4.78, 5) is 26.4. The van der Waals surface area contributed by atoms with Crippen LogP contribution >= 0.6 is 0 Å². The molecule has 0 aromatic carbocycles. The Morgan fingerprint density at radius 2 is 0.967 bits per heavy atom. The van der Waals surface area contributed by atoms with Crippen LogP contribution in [0.15, 0.2) is 61.4 Å². The van der Waals surface area contributed by atoms with Gasteiger partial charge in [0.25, 0.3) is 0 Å². The zero-order valence-corrected chi connectivity index (χ0v) is 17.3. The van der Waals surface area contributed by atoms with Gasteiger partial charge in [0.1, 0.15) is 0 Å². The Morgan fingerprint density at radius 1 is 0.467 bits per heavy atom. The minimum Gasteiger partial charge on any atom is -0.261 e. The van der Waals surface area contributed by atoms with Crippen LogP contribution in [0.2, 0.25) is 0 Å². The van der Waals surface area contributed by atoms with Crippen molar-refractivity contribution in [2.24, 2.45) is 0 Å². The Hall–Kier alpha value is -3.54. The number of hydrogen-bond acceptors (Lipinski definition) is 6. The van der Waals surface area contributed by atoms with Gasteiger partial charge in [0.2, 0.25) is 0 Å². The molecule has 0 bridgehead atoms. The van der Waals surface area contributed by atoms with Crippen LogP contribution in [0.4, 0.5) is 0 Å². The standard InChI is InChI=1S/C24H24N6/c1-17-3-7-21(25-11-17)9-10-22-8-6-19(14-26-22)4-5-20-15-29-24(30-16-20)23-27-12-18(2)13-28-23/h3,6-8,11-16H,4-5,9-10H2,1-2H3. The highest BCUT2D eigenvalue weighted by molar-refractivity contribution is 5.42. The molecule has 6 nitrogen and oxygen atoms in total. The molecule has 150 valence electrons. The molecule has 0 aliphatic rings. The molecule has 4 rings (SSSR count). The maximum Gasteiger partial charge on any atom is 0.197 e. The number of aromatic nitrogens is 6. The van der Waals surface area contributed by atoms with Crippen LogP contribution in [0.5, 0.6) is 0 Å². The average molecular weight is 396 g/mol. The molecular formula is C24H24N6. The van der Waals surface area contributed by atoms with Gasteiger partial charge >= 0.3 is 0 Å². The minimum atomic E-state index is 0.549. The van der Waals surface area contributed by atoms with E-state index in [0.717, 1.165) is 48.2 Å². The van der Waals surface area contributed by atoms with E-state index in [1.54, 1.807) is 12.4 Å². The molecule has 0 saturated heterocycles. The molecule has 6 heteroatoms. The van der Waals surface area contributed by atoms with Crippen LogP contribution in [-0.4, -0.2) is 29.9 Å². The molecule has 0 N–H and O–H groups in total. The molecule has 0 saturated carbocycles. The predicted octanol–water partition coefficient (Wildman–Crippen LogP) is 3.91. The van der Waals surface area contributed by atoms with E-state index in [4.69, 9.17) is 0 Å². The second-order valence-electron chi connectivity index (χ2n) is 7.48. The summed E-state index contributed by atoms with van der Waals surface area (Å²) in [6.45, 7) is 4.01. The van der Waals surface area contributed by atoms with Gasteiger partial charge in [-0.2, -0.15) is 0 Å². The summed E-state index contributed by atoms with van der Waals surface area (Å²) < 4.78 is 0. The SMILES string of the molecule is Cc1ccc(CCc2ccc(CCc3cnc(-c4ncc(C)cn4)nc3)cn2)nc1. The fourth-order valence-electron chi connectivity index (χ4n) is 3.05. The molecule has 0 atom stereocenters. The molecule has 0 fully saturated rings. The second-order valence-corrected chi connectivity index (χ2v) is 7.48. The van der Waals surface area contributed by atoms with Crippen molar-refractivity contribution < 1.29 is 0 Å². The Morgan fingerprint density at radius 3 is 1.53 bits per heavy atom. The molecule has 4 aromatic heterocycles. The van der Waals surface area contributed by atoms with E-state index in [2.05, 4.69) is 61.1 Å². The summed E-state index contributed by atoms with van der Waals surface area (Å²) in [5.41, 5.74) is 6.68. The third-order valence-electron chi connectivity index (χ3n) is 4.88. The van der Waals surface area contributed by atoms with Crippen LogP contribution in [-0.2, 0) is 25.7 Å². The molecule has 0 aliphatic heterocycles. The van der Waals surface area contributed by atoms with E-state index in [9.17, 15) is 0 Å². The first-order valence-corrected chi connectivity index (χ1v) is 10.1. The lowest BCUT2D eigenvalue weighted by molar-refractivity contribution is 0.866. The highest BCUT2D eigenvalue weighted by atomic mass is 15.0. The summed E-state index contributed by atoms with van der Waals surface area (Å²) in [6.07, 6.45) is 14.7. The normalized spacial score (nSPS) is 10.9. The lowest BCUT2D eigenvalue weighted by Gasteiger charge is -2.05. The van der Waals surface area contributed by atoms with Crippen molar-refractivity contribution in [1.29, 1.82) is 0 Å². The molecule has 0 aliphatic carbocycles. The van der Waals surface area contributed by atoms with Crippen molar-refractivity contribution in [3.63, 3.8) is 0 Å². The van der Waals surface area contributed by atoms with Crippen molar-refractivity contribution in [3.05, 3.63) is 95.1 Å². The summed E-state index contributed by atoms with van der Waals surface area (Å²) in [5.74, 6) is 1.10. The quantitative estimate of drug-likeness (QED) is 0.471. The van der Waals surface area contributed by atoms with Crippen molar-refractivity contribution in [2.45, 2.75) is 39.5 Å². The van der Waals surface area contributed by atoms with E-state index in [-0.39, 0.29) is 0 Å². The van der Waals surface area contributed by atoms with Crippen molar-refractivity contribution in [3.8, 4) is 11.6 Å². The van der Waals surface area contributed by atoms with Crippen LogP contribution in [0.25, 0.3) is 11.6 Å². The predicted molar refractivity (Wildman–Crippen MR) is 116 cm³/mol. The van der Waals surface area contributed by atoms with E-state index in [1.807, 2.05) is 31.7 Å². The van der Waals surface area contributed by atoms with Crippen LogP contribution < -0.4 is 0 Å². The summed E-state index contributed by atoms with van der Waals surface area (Å²) in [5, 5.41) is 0. The molecule has 0 spiro atoms. The molecule has 0 radical (unpaired) electrons. The van der Waals surface area contributed by atoms with Crippen molar-refractivity contribution >= 4 is 0 Å². The van der Waals surface area contributed by atoms with Crippen molar-refractivity contribution in [1.82, 2.24) is 29.9 Å². The number of hydrogen-bond donors (Lipinski definition) is 0. The number of pyridine rings is 2. The third-order valence-corrected chi connectivity index (χ3v) is 4.88. The molecule has 4 aromatic rings. The van der Waals surface area contributed by atoms with Crippen LogP contribution in [0.1, 0.15) is 33.6 Å². The number of aryl methyl sites for hydroxylation is 6. The molecular weight excluding hydrogens is 372 g/mol. The smallest absolute Gasteiger partial charge is 0.197 e. The largest absolute Gasteiger partial charge is 0.261 e. The lowest BCUT2D eigenvalue weighted by Crippen LogP contribution is -2.00. The van der Waals surface area contributed by atoms with Gasteiger partial charge in [-0.05, 0) is 73.9 Å². The fraction of sp³-hybridized carbons (Fsp3) is 0.250. The van der Waals surface area contributed by atoms with E-state index >= 15 is 0 Å². The van der Waals surface area contributed by atoms with Gasteiger partial charge in [0, 0.05) is 48.6 Å². The van der Waals surface area contributed by atoms with Crippen molar-refractivity contribution in [2.75, 3.05) is 0 Å². The van der Waals surface area contributed by atoms with Gasteiger partial charge in [-0.3, -0.25) is 9.97 Å². The zero-order chi connectivity index (χ0) is 20.8. The van der Waals surface area contributed by atoms with Gasteiger partial charge in [0.15, 0.2) is 11.6 Å². The monoisotopic (exact) mass is 396 g/mol. The highest BCUT2D eigenvalue weighted by Gasteiger charge is 2.05. The highest BCUT2D eigenvalue weighted by Crippen LogP contribution is 2.11. The Labute approximate surface area is 176 Å². The maximum absolute atomic E-state index is 4.61. The molecule has 0 unspecified atom stereocenters. The average Bonchev–Trinajstić information content (AvgIpc) is 2.79. The van der Waals surface area contributed by atoms with Gasteiger partial charge in [-0.15, -0.1) is 0 Å². The van der Waals surface area contributed by atoms with E-state index in [1.165, 1.54) is 11.1 Å². The molecule has 30 heavy (non-hydrogen) atoms. The fourth-order valence-corrected chi connectivity index (χ4v) is 3.05. The zero-order valence-electron chi connectivity index (χ0n) is 17.3. The summed E-state index contributed by atoms with van der Waals surface area (Å²) >= 11 is 0. The van der Waals surface area contributed by atoms with E-state index < -0.39 is 0 Å². The van der Waals surface area contributed by atoms with Gasteiger partial charge in [0.05, 0.1) is 0 Å². The lowest BCUT2D eigenvalue weighted by atomic mass is 10.1. The topological polar surface area (TPSA) is 77.3 Å². The number of rotatable bonds is 7. The van der Waals surface area contributed by atoms with Gasteiger partial charge < -0.3 is 0 Å². The van der Waals surface area contributed by atoms with Crippen LogP contribution in [0, 0.1) is 13.8 Å². The molecule has 0 amide bonds. The summed E-state index contributed by atoms with van der Waals surface area (Å²) in [7, 11) is 0. The Kier molecular flexibility index (Phi) is 6.13. The maximum atomic E-state index is 4.61. The minimum absolute atomic E-state index is 0.549. The third kappa shape index (κ3) is 5.29. The van der Waals surface area contributed by atoms with Gasteiger partial charge in [-0.1, -0.05) is 12.1 Å². The first-order valence-electron chi connectivity index (χ1n) is 10.1. The van der Waals surface area contributed by atoms with E-state index in [0.29, 0.717) is 11.6 Å². The van der Waals surface area contributed by atoms with Gasteiger partial charge in [-0.25, -0.2) is 19.9 Å². The second kappa shape index (κ2) is 9.31. The summed E-state index contributed by atoms with van der Waals surface area (Å²) in [6, 6.07) is 8.45. The van der Waals surface area contributed by atoms with Crippen LogP contribution in [0.3, 0.4) is 0 Å². The Bertz CT molecular complexity index is 1070.